The number of nitrogens with two attached hydrogens (primary N) is 1. The molecule has 2 atom stereocenters. The maximum atomic E-state index is 12.9. The topological polar surface area (TPSA) is 129 Å². The van der Waals surface area contributed by atoms with Gasteiger partial charge in [-0.3, -0.25) is 19.9 Å². The molecule has 0 saturated heterocycles. The molecule has 2 aromatic rings. The number of anilines is 1. The molecule has 2 aromatic heterocycles. The van der Waals surface area contributed by atoms with Gasteiger partial charge in [0.1, 0.15) is 11.7 Å². The van der Waals surface area contributed by atoms with Crippen LogP contribution in [-0.2, 0) is 0 Å². The quantitative estimate of drug-likeness (QED) is 0.493. The molecule has 3 heterocycles. The number of hydrogen-bond donors (Lipinski definition) is 2. The van der Waals surface area contributed by atoms with Crippen LogP contribution in [0.5, 0.6) is 5.75 Å². The highest BCUT2D eigenvalue weighted by Gasteiger charge is 2.50. The van der Waals surface area contributed by atoms with Crippen LogP contribution in [0.15, 0.2) is 24.5 Å². The van der Waals surface area contributed by atoms with Crippen LogP contribution in [0.2, 0.25) is 0 Å². The first kappa shape index (κ1) is 16.3. The second-order valence-electron chi connectivity index (χ2n) is 6.01. The predicted octanol–water partition coefficient (Wildman–Crippen LogP) is 2.13. The van der Waals surface area contributed by atoms with E-state index in [1.54, 1.807) is 26.0 Å². The Balaban J connectivity index is 2.17. The number of nitro groups is 1. The van der Waals surface area contributed by atoms with Crippen molar-refractivity contribution in [3.63, 3.8) is 0 Å². The number of aliphatic hydroxyl groups is 1. The first-order valence-corrected chi connectivity index (χ1v) is 7.93. The Morgan fingerprint density at radius 1 is 1.54 bits per heavy atom. The summed E-state index contributed by atoms with van der Waals surface area (Å²) in [5, 5.41) is 21.5. The summed E-state index contributed by atoms with van der Waals surface area (Å²) in [4.78, 5) is 27.6. The zero-order valence-corrected chi connectivity index (χ0v) is 13.7. The number of nitrogen functional groups attached to an aromatic ring is 1. The molecule has 0 bridgehead atoms. The van der Waals surface area contributed by atoms with Crippen molar-refractivity contribution < 1.29 is 19.6 Å². The molecule has 9 heteroatoms. The van der Waals surface area contributed by atoms with E-state index in [1.807, 2.05) is 0 Å². The lowest BCUT2D eigenvalue weighted by atomic mass is 9.81. The SMILES string of the molecule is CC1(C)Oc2c(sc([N+](=O)[O-])c2N)[C@@H](C(=O)c2cccnc2)[C@@H]1O. The van der Waals surface area contributed by atoms with E-state index < -0.39 is 22.5 Å². The molecule has 126 valence electrons. The van der Waals surface area contributed by atoms with Gasteiger partial charge in [-0.2, -0.15) is 0 Å². The van der Waals surface area contributed by atoms with Gasteiger partial charge in [-0.05, 0) is 26.0 Å². The van der Waals surface area contributed by atoms with Crippen LogP contribution in [0.1, 0.15) is 35.0 Å². The minimum atomic E-state index is -1.18. The molecule has 0 aliphatic carbocycles. The van der Waals surface area contributed by atoms with Crippen molar-refractivity contribution >= 4 is 27.8 Å². The lowest BCUT2D eigenvalue weighted by Gasteiger charge is -2.39. The molecule has 0 aromatic carbocycles. The van der Waals surface area contributed by atoms with Gasteiger partial charge in [0.25, 0.3) is 0 Å². The third-order valence-electron chi connectivity index (χ3n) is 3.98. The van der Waals surface area contributed by atoms with Crippen molar-refractivity contribution in [2.45, 2.75) is 31.5 Å². The number of fused-ring (bicyclic) bond motifs is 1. The van der Waals surface area contributed by atoms with Crippen LogP contribution < -0.4 is 10.5 Å². The smallest absolute Gasteiger partial charge is 0.351 e. The number of carbonyl (C=O) groups excluding carboxylic acids is 1. The molecule has 8 nitrogen and oxygen atoms in total. The number of ketones is 1. The maximum absolute atomic E-state index is 12.9. The summed E-state index contributed by atoms with van der Waals surface area (Å²) >= 11 is 0.755. The number of aromatic nitrogens is 1. The zero-order valence-electron chi connectivity index (χ0n) is 12.9. The van der Waals surface area contributed by atoms with Gasteiger partial charge in [0.05, 0.1) is 15.7 Å². The highest BCUT2D eigenvalue weighted by molar-refractivity contribution is 7.16. The van der Waals surface area contributed by atoms with E-state index in [0.29, 0.717) is 5.56 Å². The molecule has 0 radical (unpaired) electrons. The number of pyridine rings is 1. The minimum Gasteiger partial charge on any atom is -0.481 e. The monoisotopic (exact) mass is 349 g/mol. The van der Waals surface area contributed by atoms with Gasteiger partial charge in [0.2, 0.25) is 0 Å². The standard InChI is InChI=1S/C15H15N3O5S/c1-15(2)13(20)8(10(19)7-4-3-5-17-6-7)12-11(23-15)9(16)14(24-12)18(21)22/h3-6,8,13,20H,16H2,1-2H3/t8-,13+/m1/s1. The van der Waals surface area contributed by atoms with Gasteiger partial charge >= 0.3 is 5.00 Å². The second-order valence-corrected chi connectivity index (χ2v) is 7.04. The summed E-state index contributed by atoms with van der Waals surface area (Å²) in [6, 6.07) is 3.19. The van der Waals surface area contributed by atoms with Crippen molar-refractivity contribution in [2.24, 2.45) is 0 Å². The minimum absolute atomic E-state index is 0.101. The lowest BCUT2D eigenvalue weighted by Crippen LogP contribution is -2.50. The van der Waals surface area contributed by atoms with Crippen LogP contribution in [0.3, 0.4) is 0 Å². The highest BCUT2D eigenvalue weighted by Crippen LogP contribution is 2.53. The van der Waals surface area contributed by atoms with Crippen LogP contribution in [0, 0.1) is 10.1 Å². The molecule has 3 N–H and O–H groups in total. The normalized spacial score (nSPS) is 21.6. The molecule has 1 aliphatic heterocycles. The molecular weight excluding hydrogens is 334 g/mol. The van der Waals surface area contributed by atoms with Gasteiger partial charge in [0, 0.05) is 18.0 Å². The van der Waals surface area contributed by atoms with Crippen LogP contribution >= 0.6 is 11.3 Å². The van der Waals surface area contributed by atoms with Crippen molar-refractivity contribution in [2.75, 3.05) is 5.73 Å². The number of aliphatic hydroxyl groups excluding tert-OH is 1. The Kier molecular flexibility index (Phi) is 3.77. The van der Waals surface area contributed by atoms with Gasteiger partial charge in [-0.1, -0.05) is 11.3 Å². The maximum Gasteiger partial charge on any atom is 0.351 e. The molecule has 0 amide bonds. The molecule has 1 aliphatic rings. The van der Waals surface area contributed by atoms with Crippen LogP contribution in [0.25, 0.3) is 0 Å². The van der Waals surface area contributed by atoms with Crippen LogP contribution in [-0.4, -0.2) is 32.5 Å². The number of thiophene rings is 1. The summed E-state index contributed by atoms with van der Waals surface area (Å²) in [7, 11) is 0. The van der Waals surface area contributed by atoms with Crippen molar-refractivity contribution in [1.82, 2.24) is 4.98 Å². The summed E-state index contributed by atoms with van der Waals surface area (Å²) in [6.07, 6.45) is 1.73. The molecule has 3 rings (SSSR count). The van der Waals surface area contributed by atoms with Gasteiger partial charge < -0.3 is 15.6 Å². The molecule has 0 fully saturated rings. The summed E-state index contributed by atoms with van der Waals surface area (Å²) in [5.74, 6) is -1.29. The summed E-state index contributed by atoms with van der Waals surface area (Å²) < 4.78 is 5.67. The van der Waals surface area contributed by atoms with E-state index in [0.717, 1.165) is 11.3 Å². The van der Waals surface area contributed by atoms with Crippen molar-refractivity contribution in [3.05, 3.63) is 45.1 Å². The fourth-order valence-electron chi connectivity index (χ4n) is 2.70. The van der Waals surface area contributed by atoms with E-state index in [-0.39, 0.29) is 27.1 Å². The van der Waals surface area contributed by atoms with E-state index in [9.17, 15) is 20.0 Å². The summed E-state index contributed by atoms with van der Waals surface area (Å²) in [6.45, 7) is 3.21. The Morgan fingerprint density at radius 3 is 2.83 bits per heavy atom. The van der Waals surface area contributed by atoms with Gasteiger partial charge in [-0.15, -0.1) is 0 Å². The third kappa shape index (κ3) is 2.42. The average Bonchev–Trinajstić information content (AvgIpc) is 2.85. The largest absolute Gasteiger partial charge is 0.481 e. The van der Waals surface area contributed by atoms with Crippen molar-refractivity contribution in [1.29, 1.82) is 0 Å². The Bertz CT molecular complexity index is 818. The number of hydrogen-bond acceptors (Lipinski definition) is 8. The zero-order chi connectivity index (χ0) is 17.6. The highest BCUT2D eigenvalue weighted by atomic mass is 32.1. The average molecular weight is 349 g/mol. The second kappa shape index (κ2) is 5.53. The van der Waals surface area contributed by atoms with Gasteiger partial charge in [0.15, 0.2) is 17.2 Å². The Hall–Kier alpha value is -2.52. The number of rotatable bonds is 3. The molecular formula is C15H15N3O5S. The van der Waals surface area contributed by atoms with Crippen molar-refractivity contribution in [3.8, 4) is 5.75 Å². The van der Waals surface area contributed by atoms with Gasteiger partial charge in [-0.25, -0.2) is 0 Å². The molecule has 24 heavy (non-hydrogen) atoms. The van der Waals surface area contributed by atoms with Crippen LogP contribution in [0.4, 0.5) is 10.7 Å². The Labute approximate surface area is 141 Å². The fourth-order valence-corrected chi connectivity index (χ4v) is 3.79. The number of Topliss-reactive ketones (excluding diaryl/α,β-unsaturated/α-hetero) is 1. The number of ether oxygens (including phenoxy) is 1. The Morgan fingerprint density at radius 2 is 2.25 bits per heavy atom. The molecule has 0 saturated carbocycles. The van der Waals surface area contributed by atoms with E-state index in [2.05, 4.69) is 4.98 Å². The fraction of sp³-hybridized carbons (Fsp3) is 0.333. The van der Waals surface area contributed by atoms with E-state index in [1.165, 1.54) is 12.4 Å². The first-order valence-electron chi connectivity index (χ1n) is 7.12. The summed E-state index contributed by atoms with van der Waals surface area (Å²) in [5.41, 5.74) is 4.89. The lowest BCUT2D eigenvalue weighted by molar-refractivity contribution is -0.379. The number of nitrogens with zero attached hydrogens (tertiary/aromatic N) is 2. The third-order valence-corrected chi connectivity index (χ3v) is 5.20. The van der Waals surface area contributed by atoms with E-state index >= 15 is 0 Å². The first-order chi connectivity index (χ1) is 11.2. The predicted molar refractivity (Wildman–Crippen MR) is 87.4 cm³/mol. The molecule has 0 unspecified atom stereocenters. The number of carbonyl (C=O) groups is 1. The molecule has 0 spiro atoms. The van der Waals surface area contributed by atoms with E-state index in [4.69, 9.17) is 10.5 Å².